The molecule has 1 aromatic heterocycles. The fourth-order valence-corrected chi connectivity index (χ4v) is 2.71. The first-order valence-electron chi connectivity index (χ1n) is 7.26. The van der Waals surface area contributed by atoms with Crippen LogP contribution in [0.4, 0.5) is 0 Å². The molecule has 1 aliphatic rings. The van der Waals surface area contributed by atoms with Crippen LogP contribution < -0.4 is 4.74 Å². The summed E-state index contributed by atoms with van der Waals surface area (Å²) < 4.78 is 5.46. The highest BCUT2D eigenvalue weighted by Crippen LogP contribution is 2.25. The lowest BCUT2D eigenvalue weighted by Crippen LogP contribution is -2.42. The first kappa shape index (κ1) is 15.2. The van der Waals surface area contributed by atoms with Crippen molar-refractivity contribution in [1.82, 2.24) is 14.8 Å². The molecule has 0 saturated carbocycles. The zero-order valence-corrected chi connectivity index (χ0v) is 12.6. The summed E-state index contributed by atoms with van der Waals surface area (Å²) in [6.07, 6.45) is 4.00. The van der Waals surface area contributed by atoms with E-state index in [1.54, 1.807) is 12.4 Å². The Morgan fingerprint density at radius 2 is 2.20 bits per heavy atom. The molecule has 0 spiro atoms. The monoisotopic (exact) mass is 279 g/mol. The van der Waals surface area contributed by atoms with Crippen LogP contribution in [0.5, 0.6) is 5.75 Å². The number of pyridine rings is 1. The van der Waals surface area contributed by atoms with Crippen molar-refractivity contribution in [2.75, 3.05) is 40.3 Å². The maximum absolute atomic E-state index is 10.7. The highest BCUT2D eigenvalue weighted by Gasteiger charge is 2.28. The van der Waals surface area contributed by atoms with Crippen molar-refractivity contribution in [1.29, 1.82) is 0 Å². The molecule has 0 amide bonds. The largest absolute Gasteiger partial charge is 0.492 e. The predicted molar refractivity (Wildman–Crippen MR) is 78.9 cm³/mol. The van der Waals surface area contributed by atoms with Crippen LogP contribution in [-0.2, 0) is 0 Å². The quantitative estimate of drug-likeness (QED) is 0.896. The molecule has 0 aromatic carbocycles. The van der Waals surface area contributed by atoms with E-state index >= 15 is 0 Å². The third kappa shape index (κ3) is 3.69. The average molecular weight is 279 g/mol. The van der Waals surface area contributed by atoms with E-state index < -0.39 is 6.10 Å². The zero-order chi connectivity index (χ0) is 14.5. The van der Waals surface area contributed by atoms with Gasteiger partial charge in [-0.3, -0.25) is 9.88 Å². The van der Waals surface area contributed by atoms with Crippen LogP contribution in [0.3, 0.4) is 0 Å². The van der Waals surface area contributed by atoms with Crippen LogP contribution in [0.1, 0.15) is 25.0 Å². The fraction of sp³-hybridized carbons (Fsp3) is 0.667. The van der Waals surface area contributed by atoms with Gasteiger partial charge >= 0.3 is 0 Å². The maximum atomic E-state index is 10.7. The molecular weight excluding hydrogens is 254 g/mol. The smallest absolute Gasteiger partial charge is 0.137 e. The van der Waals surface area contributed by atoms with Crippen LogP contribution in [0, 0.1) is 0 Å². The average Bonchev–Trinajstić information content (AvgIpc) is 2.60. The number of aliphatic hydroxyl groups is 1. The molecule has 1 aliphatic heterocycles. The van der Waals surface area contributed by atoms with Gasteiger partial charge in [0.15, 0.2) is 0 Å². The molecule has 1 saturated heterocycles. The minimum absolute atomic E-state index is 0.0844. The Balaban J connectivity index is 2.15. The minimum atomic E-state index is -0.548. The predicted octanol–water partition coefficient (Wildman–Crippen LogP) is 1.15. The van der Waals surface area contributed by atoms with Gasteiger partial charge in [0, 0.05) is 18.3 Å². The minimum Gasteiger partial charge on any atom is -0.492 e. The van der Waals surface area contributed by atoms with Crippen LogP contribution in [0.25, 0.3) is 0 Å². The van der Waals surface area contributed by atoms with Gasteiger partial charge in [0.05, 0.1) is 24.9 Å². The Kier molecular flexibility index (Phi) is 5.34. The molecule has 0 radical (unpaired) electrons. The van der Waals surface area contributed by atoms with Crippen molar-refractivity contribution >= 4 is 0 Å². The SMILES string of the molecule is CCOc1cncc(C(O)C2CN(C)CCCN2C)c1. The van der Waals surface area contributed by atoms with Gasteiger partial charge < -0.3 is 14.7 Å². The first-order chi connectivity index (χ1) is 9.61. The Hall–Kier alpha value is -1.17. The summed E-state index contributed by atoms with van der Waals surface area (Å²) in [6, 6.07) is 1.97. The van der Waals surface area contributed by atoms with E-state index in [1.807, 2.05) is 13.0 Å². The number of hydrogen-bond acceptors (Lipinski definition) is 5. The summed E-state index contributed by atoms with van der Waals surface area (Å²) >= 11 is 0. The number of aliphatic hydroxyl groups excluding tert-OH is 1. The number of rotatable bonds is 4. The summed E-state index contributed by atoms with van der Waals surface area (Å²) in [5.41, 5.74) is 0.822. The molecule has 1 N–H and O–H groups in total. The third-order valence-corrected chi connectivity index (χ3v) is 3.87. The molecule has 1 aromatic rings. The van der Waals surface area contributed by atoms with Crippen molar-refractivity contribution in [2.45, 2.75) is 25.5 Å². The van der Waals surface area contributed by atoms with Crippen molar-refractivity contribution < 1.29 is 9.84 Å². The lowest BCUT2D eigenvalue weighted by molar-refractivity contribution is 0.0568. The van der Waals surface area contributed by atoms with Crippen LogP contribution in [0.15, 0.2) is 18.5 Å². The van der Waals surface area contributed by atoms with E-state index in [4.69, 9.17) is 4.74 Å². The number of hydrogen-bond donors (Lipinski definition) is 1. The zero-order valence-electron chi connectivity index (χ0n) is 12.6. The molecule has 2 unspecified atom stereocenters. The second kappa shape index (κ2) is 7.02. The Morgan fingerprint density at radius 3 is 2.95 bits per heavy atom. The van der Waals surface area contributed by atoms with Gasteiger partial charge in [0.2, 0.25) is 0 Å². The van der Waals surface area contributed by atoms with Crippen LogP contribution >= 0.6 is 0 Å². The van der Waals surface area contributed by atoms with Crippen molar-refractivity contribution in [3.8, 4) is 5.75 Å². The number of ether oxygens (including phenoxy) is 1. The summed E-state index contributed by atoms with van der Waals surface area (Å²) in [5, 5.41) is 10.7. The molecule has 2 heterocycles. The second-order valence-electron chi connectivity index (χ2n) is 5.50. The van der Waals surface area contributed by atoms with E-state index in [2.05, 4.69) is 28.9 Å². The lowest BCUT2D eigenvalue weighted by Gasteiger charge is -2.31. The fourth-order valence-electron chi connectivity index (χ4n) is 2.71. The standard InChI is InChI=1S/C15H25N3O2/c1-4-20-13-8-12(9-16-10-13)15(19)14-11-17(2)6-5-7-18(14)3/h8-10,14-15,19H,4-7,11H2,1-3H3. The second-order valence-corrected chi connectivity index (χ2v) is 5.50. The van der Waals surface area contributed by atoms with E-state index in [0.717, 1.165) is 31.6 Å². The molecule has 5 nitrogen and oxygen atoms in total. The summed E-state index contributed by atoms with van der Waals surface area (Å²) in [5.74, 6) is 0.716. The Labute approximate surface area is 121 Å². The van der Waals surface area contributed by atoms with E-state index in [-0.39, 0.29) is 6.04 Å². The summed E-state index contributed by atoms with van der Waals surface area (Å²) in [4.78, 5) is 8.68. The molecule has 112 valence electrons. The molecule has 5 heteroatoms. The highest BCUT2D eigenvalue weighted by molar-refractivity contribution is 5.26. The first-order valence-corrected chi connectivity index (χ1v) is 7.26. The van der Waals surface area contributed by atoms with Crippen LogP contribution in [-0.4, -0.2) is 66.3 Å². The number of likely N-dealkylation sites (N-methyl/N-ethyl adjacent to an activating group) is 2. The molecule has 1 fully saturated rings. The highest BCUT2D eigenvalue weighted by atomic mass is 16.5. The van der Waals surface area contributed by atoms with E-state index in [9.17, 15) is 5.11 Å². The Morgan fingerprint density at radius 1 is 1.40 bits per heavy atom. The van der Waals surface area contributed by atoms with Gasteiger partial charge in [-0.05, 0) is 46.6 Å². The van der Waals surface area contributed by atoms with Crippen molar-refractivity contribution in [3.05, 3.63) is 24.0 Å². The molecule has 0 aliphatic carbocycles. The van der Waals surface area contributed by atoms with Gasteiger partial charge in [-0.25, -0.2) is 0 Å². The Bertz CT molecular complexity index is 427. The number of aromatic nitrogens is 1. The molecular formula is C15H25N3O2. The van der Waals surface area contributed by atoms with Crippen LogP contribution in [0.2, 0.25) is 0 Å². The van der Waals surface area contributed by atoms with E-state index in [1.165, 1.54) is 0 Å². The number of nitrogens with zero attached hydrogens (tertiary/aromatic N) is 3. The molecule has 2 atom stereocenters. The van der Waals surface area contributed by atoms with Gasteiger partial charge in [-0.15, -0.1) is 0 Å². The van der Waals surface area contributed by atoms with Crippen molar-refractivity contribution in [2.24, 2.45) is 0 Å². The summed E-state index contributed by atoms with van der Waals surface area (Å²) in [6.45, 7) is 5.48. The van der Waals surface area contributed by atoms with Gasteiger partial charge in [-0.1, -0.05) is 0 Å². The lowest BCUT2D eigenvalue weighted by atomic mass is 10.0. The molecule has 0 bridgehead atoms. The molecule has 2 rings (SSSR count). The van der Waals surface area contributed by atoms with Gasteiger partial charge in [-0.2, -0.15) is 0 Å². The third-order valence-electron chi connectivity index (χ3n) is 3.87. The topological polar surface area (TPSA) is 48.8 Å². The molecule has 20 heavy (non-hydrogen) atoms. The van der Waals surface area contributed by atoms with Crippen molar-refractivity contribution in [3.63, 3.8) is 0 Å². The van der Waals surface area contributed by atoms with Gasteiger partial charge in [0.25, 0.3) is 0 Å². The van der Waals surface area contributed by atoms with E-state index in [0.29, 0.717) is 12.4 Å². The van der Waals surface area contributed by atoms with Gasteiger partial charge in [0.1, 0.15) is 5.75 Å². The maximum Gasteiger partial charge on any atom is 0.137 e. The summed E-state index contributed by atoms with van der Waals surface area (Å²) in [7, 11) is 4.18. The normalized spacial score (nSPS) is 23.3.